The molecule has 0 radical (unpaired) electrons. The van der Waals surface area contributed by atoms with Crippen LogP contribution in [0.2, 0.25) is 0 Å². The number of methoxy groups -OCH3 is 1. The Morgan fingerprint density at radius 2 is 1.89 bits per heavy atom. The highest BCUT2D eigenvalue weighted by Crippen LogP contribution is 2.41. The molecule has 0 aliphatic carbocycles. The number of benzene rings is 3. The molecule has 0 saturated carbocycles. The molecule has 0 bridgehead atoms. The van der Waals surface area contributed by atoms with Gasteiger partial charge in [-0.15, -0.1) is 0 Å². The molecule has 4 rings (SSSR count). The molecule has 37 heavy (non-hydrogen) atoms. The summed E-state index contributed by atoms with van der Waals surface area (Å²) in [5, 5.41) is 3.69. The molecule has 3 aromatic carbocycles. The van der Waals surface area contributed by atoms with Crippen molar-refractivity contribution in [3.8, 4) is 16.9 Å². The number of hydrogen-bond donors (Lipinski definition) is 1. The minimum atomic E-state index is -1.67. The molecule has 0 fully saturated rings. The summed E-state index contributed by atoms with van der Waals surface area (Å²) in [7, 11) is 1.57. The Morgan fingerprint density at radius 3 is 2.57 bits per heavy atom. The Hall–Kier alpha value is -4.31. The molecule has 1 atom stereocenters. The predicted octanol–water partition coefficient (Wildman–Crippen LogP) is 5.91. The Bertz CT molecular complexity index is 1490. The van der Waals surface area contributed by atoms with Crippen LogP contribution in [0.15, 0.2) is 75.3 Å². The van der Waals surface area contributed by atoms with E-state index in [2.05, 4.69) is 14.9 Å². The van der Waals surface area contributed by atoms with E-state index in [0.717, 1.165) is 22.9 Å². The second-order valence-corrected chi connectivity index (χ2v) is 9.40. The largest absolute Gasteiger partial charge is 0.495 e. The Balaban J connectivity index is 1.73. The molecule has 1 aromatic heterocycles. The van der Waals surface area contributed by atoms with Gasteiger partial charge in [0.25, 0.3) is 0 Å². The van der Waals surface area contributed by atoms with Crippen molar-refractivity contribution in [3.63, 3.8) is 0 Å². The van der Waals surface area contributed by atoms with E-state index in [1.54, 1.807) is 36.2 Å². The number of ether oxygens (including phenoxy) is 1. The molecule has 0 saturated heterocycles. The van der Waals surface area contributed by atoms with Gasteiger partial charge in [-0.25, -0.2) is 8.60 Å². The highest BCUT2D eigenvalue weighted by Gasteiger charge is 2.19. The number of aryl methyl sites for hydroxylation is 2. The van der Waals surface area contributed by atoms with E-state index in [0.29, 0.717) is 45.4 Å². The zero-order chi connectivity index (χ0) is 26.5. The molecule has 190 valence electrons. The molecule has 0 amide bonds. The van der Waals surface area contributed by atoms with E-state index >= 15 is 4.39 Å². The molecule has 1 unspecified atom stereocenters. The topological polar surface area (TPSA) is 97.0 Å². The fraction of sp³-hybridized carbons (Fsp3) is 0.148. The number of carbonyl (C=O) groups excluding carboxylic acids is 1. The van der Waals surface area contributed by atoms with E-state index < -0.39 is 16.8 Å². The smallest absolute Gasteiger partial charge is 0.181 e. The quantitative estimate of drug-likeness (QED) is 0.218. The lowest BCUT2D eigenvalue weighted by Crippen LogP contribution is -2.12. The van der Waals surface area contributed by atoms with Gasteiger partial charge in [-0.3, -0.25) is 14.5 Å². The molecular weight excluding hydrogens is 495 g/mol. The molecule has 8 nitrogen and oxygen atoms in total. The van der Waals surface area contributed by atoms with E-state index in [1.807, 2.05) is 32.0 Å². The summed E-state index contributed by atoms with van der Waals surface area (Å²) in [5.41, 5.74) is 4.68. The molecule has 10 heteroatoms. The van der Waals surface area contributed by atoms with Gasteiger partial charge in [-0.2, -0.15) is 0 Å². The SMILES string of the molecule is COc1cc(-c2ccc(C)c(C)c2)c(F)cc1N(C)c1ccc(S(=O)Nc2ccon2)cc1N=CC=O. The summed E-state index contributed by atoms with van der Waals surface area (Å²) >= 11 is 0. The first-order valence-electron chi connectivity index (χ1n) is 11.2. The lowest BCUT2D eigenvalue weighted by molar-refractivity contribution is -0.102. The highest BCUT2D eigenvalue weighted by atomic mass is 32.2. The van der Waals surface area contributed by atoms with Crippen molar-refractivity contribution in [1.29, 1.82) is 0 Å². The number of hydrogen-bond acceptors (Lipinski definition) is 7. The lowest BCUT2D eigenvalue weighted by atomic mass is 9.99. The van der Waals surface area contributed by atoms with Gasteiger partial charge in [-0.05, 0) is 54.8 Å². The van der Waals surface area contributed by atoms with Gasteiger partial charge in [0.1, 0.15) is 17.8 Å². The van der Waals surface area contributed by atoms with E-state index in [-0.39, 0.29) is 0 Å². The van der Waals surface area contributed by atoms with Gasteiger partial charge >= 0.3 is 0 Å². The van der Waals surface area contributed by atoms with Gasteiger partial charge in [0.2, 0.25) is 0 Å². The van der Waals surface area contributed by atoms with Crippen LogP contribution in [-0.2, 0) is 15.8 Å². The Kier molecular flexibility index (Phi) is 7.78. The van der Waals surface area contributed by atoms with Crippen LogP contribution in [0.25, 0.3) is 11.1 Å². The van der Waals surface area contributed by atoms with Crippen molar-refractivity contribution >= 4 is 46.4 Å². The number of aldehydes is 1. The second kappa shape index (κ2) is 11.2. The summed E-state index contributed by atoms with van der Waals surface area (Å²) in [5.74, 6) is 0.336. The average Bonchev–Trinajstić information content (AvgIpc) is 3.41. The van der Waals surface area contributed by atoms with Crippen molar-refractivity contribution < 1.29 is 22.7 Å². The molecule has 0 spiro atoms. The first-order valence-corrected chi connectivity index (χ1v) is 12.4. The normalized spacial score (nSPS) is 11.9. The van der Waals surface area contributed by atoms with Gasteiger partial charge in [0, 0.05) is 24.7 Å². The minimum absolute atomic E-state index is 0.307. The third-order valence-corrected chi connectivity index (χ3v) is 6.96. The van der Waals surface area contributed by atoms with E-state index in [1.165, 1.54) is 25.5 Å². The van der Waals surface area contributed by atoms with Crippen molar-refractivity contribution in [3.05, 3.63) is 77.8 Å². The first-order chi connectivity index (χ1) is 17.8. The molecule has 0 aliphatic rings. The second-order valence-electron chi connectivity index (χ2n) is 8.18. The molecular formula is C27H25FN4O4S. The van der Waals surface area contributed by atoms with Crippen LogP contribution < -0.4 is 14.4 Å². The standard InChI is InChI=1S/C27H25FN4O4S/c1-17-5-6-19(13-18(17)2)21-15-26(35-4)25(16-22(21)28)32(3)24-8-7-20(14-23(24)29-10-11-33)37(34)31-27-9-12-36-30-27/h5-16H,1-4H3,(H,30,31). The zero-order valence-corrected chi connectivity index (χ0v) is 21.5. The average molecular weight is 521 g/mol. The van der Waals surface area contributed by atoms with Gasteiger partial charge in [-0.1, -0.05) is 23.4 Å². The van der Waals surface area contributed by atoms with Crippen LogP contribution in [0.1, 0.15) is 11.1 Å². The molecule has 1 N–H and O–H groups in total. The first kappa shape index (κ1) is 25.8. The Morgan fingerprint density at radius 1 is 1.08 bits per heavy atom. The van der Waals surface area contributed by atoms with E-state index in [9.17, 15) is 9.00 Å². The van der Waals surface area contributed by atoms with Gasteiger partial charge < -0.3 is 14.2 Å². The van der Waals surface area contributed by atoms with Crippen molar-refractivity contribution in [2.24, 2.45) is 4.99 Å². The Labute approximate surface area is 216 Å². The lowest BCUT2D eigenvalue weighted by Gasteiger charge is -2.24. The summed E-state index contributed by atoms with van der Waals surface area (Å²) < 4.78 is 41.3. The number of rotatable bonds is 9. The fourth-order valence-electron chi connectivity index (χ4n) is 3.76. The number of nitrogens with one attached hydrogen (secondary N) is 1. The fourth-order valence-corrected chi connectivity index (χ4v) is 4.59. The minimum Gasteiger partial charge on any atom is -0.495 e. The number of nitrogens with zero attached hydrogens (tertiary/aromatic N) is 3. The maximum atomic E-state index is 15.4. The predicted molar refractivity (Wildman–Crippen MR) is 143 cm³/mol. The summed E-state index contributed by atoms with van der Waals surface area (Å²) in [6.07, 6.45) is 2.99. The number of halogens is 1. The third-order valence-electron chi connectivity index (χ3n) is 5.88. The van der Waals surface area contributed by atoms with Crippen LogP contribution in [0.3, 0.4) is 0 Å². The number of aromatic nitrogens is 1. The zero-order valence-electron chi connectivity index (χ0n) is 20.7. The molecule has 1 heterocycles. The van der Waals surface area contributed by atoms with Crippen LogP contribution in [0.4, 0.5) is 27.3 Å². The molecule has 4 aromatic rings. The monoisotopic (exact) mass is 520 g/mol. The van der Waals surface area contributed by atoms with Crippen molar-refractivity contribution in [2.75, 3.05) is 23.8 Å². The third kappa shape index (κ3) is 5.59. The van der Waals surface area contributed by atoms with Gasteiger partial charge in [0.15, 0.2) is 23.1 Å². The van der Waals surface area contributed by atoms with Crippen molar-refractivity contribution in [1.82, 2.24) is 5.16 Å². The van der Waals surface area contributed by atoms with Crippen LogP contribution in [0, 0.1) is 19.7 Å². The van der Waals surface area contributed by atoms with Gasteiger partial charge in [0.05, 0.1) is 35.3 Å². The van der Waals surface area contributed by atoms with Crippen LogP contribution >= 0.6 is 0 Å². The maximum absolute atomic E-state index is 15.4. The van der Waals surface area contributed by atoms with Crippen LogP contribution in [-0.4, -0.2) is 36.0 Å². The summed E-state index contributed by atoms with van der Waals surface area (Å²) in [6.45, 7) is 3.99. The number of carbonyl (C=O) groups is 1. The summed E-state index contributed by atoms with van der Waals surface area (Å²) in [4.78, 5) is 17.3. The number of anilines is 3. The molecule has 0 aliphatic heterocycles. The maximum Gasteiger partial charge on any atom is 0.181 e. The number of aliphatic imine (C=N–C) groups is 1. The van der Waals surface area contributed by atoms with Crippen molar-refractivity contribution in [2.45, 2.75) is 18.7 Å². The van der Waals surface area contributed by atoms with E-state index in [4.69, 9.17) is 9.26 Å². The highest BCUT2D eigenvalue weighted by molar-refractivity contribution is 7.86. The van der Waals surface area contributed by atoms with Crippen LogP contribution in [0.5, 0.6) is 5.75 Å². The summed E-state index contributed by atoms with van der Waals surface area (Å²) in [6, 6.07) is 15.3.